The summed E-state index contributed by atoms with van der Waals surface area (Å²) in [7, 11) is 0. The molecule has 0 radical (unpaired) electrons. The van der Waals surface area contributed by atoms with E-state index in [1.165, 1.54) is 22.9 Å². The van der Waals surface area contributed by atoms with E-state index >= 15 is 0 Å². The maximum Gasteiger partial charge on any atom is 0.282 e. The number of benzene rings is 4. The number of piperidine rings is 1. The molecule has 49 heavy (non-hydrogen) atoms. The average Bonchev–Trinajstić information content (AvgIpc) is 3.75. The number of carbonyl (C=O) groups excluding carboxylic acids is 1. The van der Waals surface area contributed by atoms with Crippen LogP contribution >= 0.6 is 11.8 Å². The molecule has 0 N–H and O–H groups in total. The van der Waals surface area contributed by atoms with Crippen molar-refractivity contribution >= 4 is 27.9 Å². The van der Waals surface area contributed by atoms with Crippen molar-refractivity contribution in [2.75, 3.05) is 6.54 Å². The number of fused-ring (bicyclic) bond motifs is 2. The Labute approximate surface area is 290 Å². The van der Waals surface area contributed by atoms with E-state index in [1.807, 2.05) is 71.5 Å². The molecule has 0 spiro atoms. The highest BCUT2D eigenvalue weighted by Crippen LogP contribution is 2.51. The van der Waals surface area contributed by atoms with E-state index in [0.29, 0.717) is 12.5 Å². The molecule has 2 aliphatic heterocycles. The highest BCUT2D eigenvalue weighted by Gasteiger charge is 2.46. The Morgan fingerprint density at radius 2 is 1.65 bits per heavy atom. The Kier molecular flexibility index (Phi) is 8.47. The molecule has 0 bridgehead atoms. The first-order valence-corrected chi connectivity index (χ1v) is 17.7. The van der Waals surface area contributed by atoms with Crippen LogP contribution < -0.4 is 4.74 Å². The number of aromatic nitrogens is 4. The Hall–Kier alpha value is -5.21. The Balaban J connectivity index is 1.08. The molecule has 4 aromatic carbocycles. The van der Waals surface area contributed by atoms with Crippen LogP contribution in [0.15, 0.2) is 128 Å². The minimum atomic E-state index is -0.0106. The fourth-order valence-corrected chi connectivity index (χ4v) is 8.60. The van der Waals surface area contributed by atoms with Gasteiger partial charge in [-0.2, -0.15) is 0 Å². The van der Waals surface area contributed by atoms with E-state index in [0.717, 1.165) is 64.3 Å². The van der Waals surface area contributed by atoms with E-state index < -0.39 is 0 Å². The number of allylic oxidation sites excluding steroid dienone is 1. The summed E-state index contributed by atoms with van der Waals surface area (Å²) >= 11 is 1.46. The van der Waals surface area contributed by atoms with Crippen molar-refractivity contribution in [1.29, 1.82) is 0 Å². The monoisotopic (exact) mass is 663 g/mol. The van der Waals surface area contributed by atoms with Gasteiger partial charge in [-0.1, -0.05) is 83.2 Å². The summed E-state index contributed by atoms with van der Waals surface area (Å²) in [5, 5.41) is 10.2. The van der Waals surface area contributed by atoms with Gasteiger partial charge >= 0.3 is 0 Å². The minimum Gasteiger partial charge on any atom is -0.457 e. The fraction of sp³-hybridized carbons (Fsp3) is 0.220. The summed E-state index contributed by atoms with van der Waals surface area (Å²) in [5.41, 5.74) is 7.09. The van der Waals surface area contributed by atoms with Gasteiger partial charge in [-0.25, -0.2) is 4.98 Å². The van der Waals surface area contributed by atoms with Crippen molar-refractivity contribution in [3.05, 3.63) is 139 Å². The smallest absolute Gasteiger partial charge is 0.282 e. The first kappa shape index (κ1) is 31.1. The first-order valence-electron chi connectivity index (χ1n) is 16.8. The van der Waals surface area contributed by atoms with Gasteiger partial charge in [0, 0.05) is 35.6 Å². The molecule has 0 saturated carbocycles. The minimum absolute atomic E-state index is 0.0106. The topological polar surface area (TPSA) is 73.1 Å². The third kappa shape index (κ3) is 6.36. The number of hydrogen-bond donors (Lipinski definition) is 0. The number of aryl methyl sites for hydroxylation is 1. The number of carbonyl (C=O) groups is 1. The van der Waals surface area contributed by atoms with Gasteiger partial charge in [-0.05, 0) is 91.8 Å². The Morgan fingerprint density at radius 3 is 2.43 bits per heavy atom. The molecular formula is C41H37N5O2S. The molecule has 2 aliphatic rings. The molecule has 0 unspecified atom stereocenters. The molecule has 4 heterocycles. The van der Waals surface area contributed by atoms with Crippen LogP contribution in [0.4, 0.5) is 4.79 Å². The molecule has 6 aromatic rings. The van der Waals surface area contributed by atoms with Gasteiger partial charge < -0.3 is 9.64 Å². The lowest BCUT2D eigenvalue weighted by Crippen LogP contribution is -2.43. The molecule has 8 heteroatoms. The summed E-state index contributed by atoms with van der Waals surface area (Å²) in [5.74, 6) is 2.14. The third-order valence-corrected chi connectivity index (χ3v) is 11.1. The normalized spacial score (nSPS) is 19.5. The Bertz CT molecular complexity index is 2120. The van der Waals surface area contributed by atoms with Crippen LogP contribution in [0.25, 0.3) is 33.4 Å². The largest absolute Gasteiger partial charge is 0.457 e. The average molecular weight is 664 g/mol. The first-order chi connectivity index (χ1) is 24.0. The predicted molar refractivity (Wildman–Crippen MR) is 197 cm³/mol. The summed E-state index contributed by atoms with van der Waals surface area (Å²) < 4.78 is 7.98. The van der Waals surface area contributed by atoms with E-state index in [9.17, 15) is 4.79 Å². The van der Waals surface area contributed by atoms with E-state index in [2.05, 4.69) is 83.3 Å². The van der Waals surface area contributed by atoms with Gasteiger partial charge in [0.2, 0.25) is 0 Å². The zero-order valence-electron chi connectivity index (χ0n) is 27.4. The van der Waals surface area contributed by atoms with Crippen LogP contribution in [-0.4, -0.2) is 42.7 Å². The van der Waals surface area contributed by atoms with Crippen LogP contribution in [0.1, 0.15) is 29.2 Å². The van der Waals surface area contributed by atoms with E-state index in [1.54, 1.807) is 0 Å². The number of ether oxygens (including phenoxy) is 1. The maximum absolute atomic E-state index is 13.5. The van der Waals surface area contributed by atoms with Crippen molar-refractivity contribution in [3.63, 3.8) is 0 Å². The quantitative estimate of drug-likeness (QED) is 0.143. The number of nitrogens with zero attached hydrogens (tertiary/aromatic N) is 5. The number of thioether (sulfide) groups is 1. The molecule has 2 saturated heterocycles. The molecule has 0 aliphatic carbocycles. The van der Waals surface area contributed by atoms with Crippen molar-refractivity contribution in [2.45, 2.75) is 37.6 Å². The number of hydrogen-bond acceptors (Lipinski definition) is 6. The van der Waals surface area contributed by atoms with E-state index in [-0.39, 0.29) is 22.4 Å². The van der Waals surface area contributed by atoms with Crippen LogP contribution in [0.2, 0.25) is 0 Å². The second-order valence-corrected chi connectivity index (χ2v) is 14.1. The van der Waals surface area contributed by atoms with Gasteiger partial charge in [0.05, 0.1) is 22.7 Å². The highest BCUT2D eigenvalue weighted by molar-refractivity contribution is 8.14. The molecule has 8 rings (SSSR count). The van der Waals surface area contributed by atoms with Crippen molar-refractivity contribution in [2.24, 2.45) is 11.8 Å². The van der Waals surface area contributed by atoms with Gasteiger partial charge in [-0.3, -0.25) is 9.48 Å². The molecular weight excluding hydrogens is 627 g/mol. The Morgan fingerprint density at radius 1 is 0.918 bits per heavy atom. The van der Waals surface area contributed by atoms with Crippen molar-refractivity contribution in [3.8, 4) is 34.0 Å². The molecule has 1 amide bonds. The lowest BCUT2D eigenvalue weighted by atomic mass is 9.79. The fourth-order valence-electron chi connectivity index (χ4n) is 7.28. The number of rotatable bonds is 9. The van der Waals surface area contributed by atoms with Crippen molar-refractivity contribution in [1.82, 2.24) is 24.9 Å². The summed E-state index contributed by atoms with van der Waals surface area (Å²) in [6, 6.07) is 36.7. The predicted octanol–water partition coefficient (Wildman–Crippen LogP) is 9.75. The second-order valence-electron chi connectivity index (χ2n) is 13.0. The summed E-state index contributed by atoms with van der Waals surface area (Å²) in [6.45, 7) is 7.80. The van der Waals surface area contributed by atoms with Crippen LogP contribution in [0, 0.1) is 18.8 Å². The lowest BCUT2D eigenvalue weighted by molar-refractivity contribution is 0.129. The zero-order chi connectivity index (χ0) is 33.3. The summed E-state index contributed by atoms with van der Waals surface area (Å²) in [4.78, 5) is 20.7. The molecule has 244 valence electrons. The van der Waals surface area contributed by atoms with E-state index in [4.69, 9.17) is 9.72 Å². The van der Waals surface area contributed by atoms with Gasteiger partial charge in [0.25, 0.3) is 5.24 Å². The number of pyridine rings is 1. The van der Waals surface area contributed by atoms with Crippen LogP contribution in [-0.2, 0) is 6.54 Å². The highest BCUT2D eigenvalue weighted by atomic mass is 32.2. The van der Waals surface area contributed by atoms with Crippen LogP contribution in [0.3, 0.4) is 0 Å². The van der Waals surface area contributed by atoms with Gasteiger partial charge in [-0.15, -0.1) is 11.7 Å². The number of para-hydroxylation sites is 1. The molecule has 7 nitrogen and oxygen atoms in total. The molecule has 4 atom stereocenters. The number of amides is 1. The standard InChI is InChI=1S/C41H37N5O2S/c1-3-28(25-45-26-38(43-44-45)29-10-6-4-7-11-29)31-20-21-46-39(23-31)40(49-41(46)47)35-24-37(42-36-19-14-27(2)22-34(35)36)30-15-17-33(18-16-30)48-32-12-8-5-9-13-32/h3-19,22,24,26,28,31,39-40H,1,20-21,23,25H2,2H3/t28-,31-,39-,40-/m0/s1. The third-order valence-electron chi connectivity index (χ3n) is 9.84. The second kappa shape index (κ2) is 13.4. The van der Waals surface area contributed by atoms with Gasteiger partial charge in [0.1, 0.15) is 17.2 Å². The summed E-state index contributed by atoms with van der Waals surface area (Å²) in [6.07, 6.45) is 5.92. The lowest BCUT2D eigenvalue weighted by Gasteiger charge is -2.39. The molecule has 2 aromatic heterocycles. The van der Waals surface area contributed by atoms with Gasteiger partial charge in [0.15, 0.2) is 0 Å². The SMILES string of the molecule is C=C[C@@H](Cn1cc(-c2ccccc2)nn1)[C@H]1CCN2C(=O)S[C@@H](c3cc(-c4ccc(Oc5ccccc5)cc4)nc4ccc(C)cc34)[C@@H]2C1. The maximum atomic E-state index is 13.5. The molecule has 2 fully saturated rings. The van der Waals surface area contributed by atoms with Crippen LogP contribution in [0.5, 0.6) is 11.5 Å². The van der Waals surface area contributed by atoms with Crippen molar-refractivity contribution < 1.29 is 9.53 Å². The zero-order valence-corrected chi connectivity index (χ0v) is 28.2.